The molecule has 1 aliphatic rings. The number of hydrogen-bond donors (Lipinski definition) is 1. The van der Waals surface area contributed by atoms with Crippen LogP contribution in [0.15, 0.2) is 52.9 Å². The summed E-state index contributed by atoms with van der Waals surface area (Å²) in [6.07, 6.45) is 5.29. The molecule has 1 saturated heterocycles. The number of amides is 4. The zero-order chi connectivity index (χ0) is 25.7. The van der Waals surface area contributed by atoms with Gasteiger partial charge in [0.2, 0.25) is 5.88 Å². The molecule has 0 unspecified atom stereocenters. The highest BCUT2D eigenvalue weighted by molar-refractivity contribution is 7.71. The number of unbranched alkanes of at least 4 members (excludes halogenated alkanes) is 1. The number of barbiturate groups is 1. The maximum atomic E-state index is 13.2. The van der Waals surface area contributed by atoms with Crippen molar-refractivity contribution in [2.24, 2.45) is 0 Å². The molecule has 9 nitrogen and oxygen atoms in total. The Morgan fingerprint density at radius 3 is 2.20 bits per heavy atom. The Bertz CT molecular complexity index is 1320. The lowest BCUT2D eigenvalue weighted by Gasteiger charge is -2.33. The molecular formula is C25H28N4O5S. The van der Waals surface area contributed by atoms with Crippen molar-refractivity contribution in [2.45, 2.75) is 46.7 Å². The van der Waals surface area contributed by atoms with Gasteiger partial charge in [-0.1, -0.05) is 37.6 Å². The Labute approximate surface area is 208 Å². The van der Waals surface area contributed by atoms with Gasteiger partial charge in [0, 0.05) is 19.6 Å². The van der Waals surface area contributed by atoms with Crippen LogP contribution in [0, 0.1) is 4.77 Å². The lowest BCUT2D eigenvalue weighted by molar-refractivity contribution is -0.129. The number of hydrogen-bond acceptors (Lipinski definition) is 6. The summed E-state index contributed by atoms with van der Waals surface area (Å²) in [5, 5.41) is 10.6. The van der Waals surface area contributed by atoms with E-state index in [0.29, 0.717) is 25.2 Å². The summed E-state index contributed by atoms with van der Waals surface area (Å²) >= 11 is 5.29. The highest BCUT2D eigenvalue weighted by atomic mass is 32.1. The highest BCUT2D eigenvalue weighted by Crippen LogP contribution is 2.25. The fourth-order valence-corrected chi connectivity index (χ4v) is 4.20. The molecule has 0 atom stereocenters. The predicted octanol–water partition coefficient (Wildman–Crippen LogP) is 3.86. The fourth-order valence-electron chi connectivity index (χ4n) is 3.77. The van der Waals surface area contributed by atoms with E-state index in [0.717, 1.165) is 16.2 Å². The van der Waals surface area contributed by atoms with Crippen LogP contribution in [0.5, 0.6) is 5.88 Å². The second-order valence-corrected chi connectivity index (χ2v) is 8.19. The summed E-state index contributed by atoms with van der Waals surface area (Å²) in [7, 11) is 0. The van der Waals surface area contributed by atoms with Crippen LogP contribution in [-0.2, 0) is 22.7 Å². The number of aromatic nitrogens is 2. The first-order chi connectivity index (χ1) is 16.8. The molecule has 0 saturated carbocycles. The number of benzene rings is 1. The van der Waals surface area contributed by atoms with Gasteiger partial charge in [-0.2, -0.15) is 0 Å². The molecule has 2 heterocycles. The molecule has 2 aromatic rings. The van der Waals surface area contributed by atoms with Crippen molar-refractivity contribution in [1.29, 1.82) is 0 Å². The van der Waals surface area contributed by atoms with Gasteiger partial charge in [0.25, 0.3) is 17.4 Å². The van der Waals surface area contributed by atoms with Crippen LogP contribution in [0.3, 0.4) is 0 Å². The Morgan fingerprint density at radius 2 is 1.60 bits per heavy atom. The molecule has 4 amide bonds. The van der Waals surface area contributed by atoms with Crippen molar-refractivity contribution in [3.8, 4) is 5.88 Å². The van der Waals surface area contributed by atoms with Crippen LogP contribution in [0.4, 0.5) is 10.5 Å². The Hall–Kier alpha value is -3.79. The third-order valence-corrected chi connectivity index (χ3v) is 6.11. The monoisotopic (exact) mass is 496 g/mol. The third-order valence-electron chi connectivity index (χ3n) is 5.67. The molecule has 1 aromatic carbocycles. The topological polar surface area (TPSA) is 105 Å². The second-order valence-electron chi connectivity index (χ2n) is 7.82. The van der Waals surface area contributed by atoms with E-state index >= 15 is 0 Å². The van der Waals surface area contributed by atoms with Gasteiger partial charge < -0.3 is 5.11 Å². The molecule has 0 bridgehead atoms. The first kappa shape index (κ1) is 25.8. The summed E-state index contributed by atoms with van der Waals surface area (Å²) in [5.74, 6) is -1.76. The van der Waals surface area contributed by atoms with E-state index in [1.807, 2.05) is 6.92 Å². The van der Waals surface area contributed by atoms with E-state index in [1.54, 1.807) is 44.2 Å². The fraction of sp³-hybridized carbons (Fsp3) is 0.320. The second kappa shape index (κ2) is 11.1. The molecule has 35 heavy (non-hydrogen) atoms. The standard InChI is InChI=1S/C25H28N4O5S/c1-4-7-16-28-22(32)19(23(33)29(24(28)34)17-12-9-8-10-13-17)15-11-14-18-20(30)26(5-2)25(35)27(6-3)21(18)31/h8-15,30H,4-7,16H2,1-3H3. The molecule has 1 N–H and O–H groups in total. The average molecular weight is 497 g/mol. The molecule has 1 fully saturated rings. The van der Waals surface area contributed by atoms with Crippen molar-refractivity contribution in [1.82, 2.24) is 14.0 Å². The molecule has 0 radical (unpaired) electrons. The van der Waals surface area contributed by atoms with Crippen LogP contribution < -0.4 is 10.5 Å². The molecule has 10 heteroatoms. The molecule has 1 aromatic heterocycles. The van der Waals surface area contributed by atoms with Crippen molar-refractivity contribution >= 4 is 41.8 Å². The lowest BCUT2D eigenvalue weighted by Crippen LogP contribution is -2.56. The molecule has 3 rings (SSSR count). The molecule has 0 aliphatic carbocycles. The summed E-state index contributed by atoms with van der Waals surface area (Å²) < 4.78 is 2.98. The Balaban J connectivity index is 2.08. The molecular weight excluding hydrogens is 468 g/mol. The summed E-state index contributed by atoms with van der Waals surface area (Å²) in [5.41, 5.74) is -0.380. The number of anilines is 1. The molecule has 0 spiro atoms. The zero-order valence-corrected chi connectivity index (χ0v) is 20.7. The number of allylic oxidation sites excluding steroid dienone is 2. The maximum absolute atomic E-state index is 13.2. The number of rotatable bonds is 8. The quantitative estimate of drug-likeness (QED) is 0.338. The number of urea groups is 1. The van der Waals surface area contributed by atoms with Gasteiger partial charge >= 0.3 is 6.03 Å². The van der Waals surface area contributed by atoms with Crippen LogP contribution in [-0.4, -0.2) is 43.5 Å². The first-order valence-electron chi connectivity index (χ1n) is 11.5. The largest absolute Gasteiger partial charge is 0.494 e. The maximum Gasteiger partial charge on any atom is 0.338 e. The van der Waals surface area contributed by atoms with Crippen molar-refractivity contribution < 1.29 is 19.5 Å². The average Bonchev–Trinajstić information content (AvgIpc) is 2.84. The number of carbonyl (C=O) groups is 3. The number of imide groups is 2. The smallest absolute Gasteiger partial charge is 0.338 e. The Morgan fingerprint density at radius 1 is 0.943 bits per heavy atom. The van der Waals surface area contributed by atoms with Gasteiger partial charge in [-0.3, -0.25) is 28.4 Å². The summed E-state index contributed by atoms with van der Waals surface area (Å²) in [6.45, 7) is 6.33. The van der Waals surface area contributed by atoms with E-state index in [1.165, 1.54) is 27.4 Å². The first-order valence-corrected chi connectivity index (χ1v) is 11.9. The van der Waals surface area contributed by atoms with Crippen molar-refractivity contribution in [3.05, 3.63) is 68.7 Å². The number of carbonyl (C=O) groups excluding carboxylic acids is 3. The van der Waals surface area contributed by atoms with E-state index in [4.69, 9.17) is 12.2 Å². The number of para-hydroxylation sites is 1. The predicted molar refractivity (Wildman–Crippen MR) is 136 cm³/mol. The van der Waals surface area contributed by atoms with Gasteiger partial charge in [0.15, 0.2) is 4.77 Å². The van der Waals surface area contributed by atoms with Gasteiger partial charge in [-0.05, 0) is 56.8 Å². The lowest BCUT2D eigenvalue weighted by atomic mass is 10.1. The van der Waals surface area contributed by atoms with Gasteiger partial charge in [-0.25, -0.2) is 9.69 Å². The third kappa shape index (κ3) is 4.88. The highest BCUT2D eigenvalue weighted by Gasteiger charge is 2.42. The normalized spacial score (nSPS) is 15.6. The van der Waals surface area contributed by atoms with E-state index in [-0.39, 0.29) is 28.3 Å². The minimum absolute atomic E-state index is 0.0197. The minimum Gasteiger partial charge on any atom is -0.494 e. The van der Waals surface area contributed by atoms with E-state index < -0.39 is 23.4 Å². The number of nitrogens with zero attached hydrogens (tertiary/aromatic N) is 4. The van der Waals surface area contributed by atoms with Gasteiger partial charge in [0.1, 0.15) is 11.1 Å². The van der Waals surface area contributed by atoms with E-state index in [9.17, 15) is 24.3 Å². The molecule has 184 valence electrons. The van der Waals surface area contributed by atoms with Crippen molar-refractivity contribution in [3.63, 3.8) is 0 Å². The summed E-state index contributed by atoms with van der Waals surface area (Å²) in [4.78, 5) is 54.2. The zero-order valence-electron chi connectivity index (χ0n) is 19.9. The molecule has 1 aliphatic heterocycles. The van der Waals surface area contributed by atoms with Gasteiger partial charge in [-0.15, -0.1) is 0 Å². The van der Waals surface area contributed by atoms with E-state index in [2.05, 4.69) is 0 Å². The van der Waals surface area contributed by atoms with Gasteiger partial charge in [0.05, 0.1) is 5.69 Å². The summed E-state index contributed by atoms with van der Waals surface area (Å²) in [6, 6.07) is 7.67. The SMILES string of the molecule is CCCCN1C(=O)C(=CC=Cc2c(O)n(CC)c(=S)n(CC)c2=O)C(=O)N(c2ccccc2)C1=O. The van der Waals surface area contributed by atoms with Crippen molar-refractivity contribution in [2.75, 3.05) is 11.4 Å². The van der Waals surface area contributed by atoms with Crippen LogP contribution in [0.1, 0.15) is 39.2 Å². The number of aromatic hydroxyl groups is 1. The van der Waals surface area contributed by atoms with Crippen LogP contribution in [0.25, 0.3) is 6.08 Å². The van der Waals surface area contributed by atoms with Crippen LogP contribution in [0.2, 0.25) is 0 Å². The van der Waals surface area contributed by atoms with Crippen LogP contribution >= 0.6 is 12.2 Å². The minimum atomic E-state index is -0.761. The Kier molecular flexibility index (Phi) is 8.18.